The molecule has 0 aromatic heterocycles. The summed E-state index contributed by atoms with van der Waals surface area (Å²) in [5, 5.41) is 19.3. The van der Waals surface area contributed by atoms with Crippen LogP contribution in [0.2, 0.25) is 0 Å². The average molecular weight is 363 g/mol. The van der Waals surface area contributed by atoms with Gasteiger partial charge in [0.1, 0.15) is 0 Å². The van der Waals surface area contributed by atoms with Gasteiger partial charge in [-0.1, -0.05) is 52.9 Å². The van der Waals surface area contributed by atoms with Gasteiger partial charge in [-0.2, -0.15) is 0 Å². The Balaban J connectivity index is 3.50. The Hall–Kier alpha value is -1.84. The molecule has 0 amide bonds. The van der Waals surface area contributed by atoms with Crippen LogP contribution in [0.5, 0.6) is 0 Å². The van der Waals surface area contributed by atoms with Crippen molar-refractivity contribution in [2.45, 2.75) is 91.4 Å². The third-order valence-corrected chi connectivity index (χ3v) is 4.95. The molecule has 0 saturated carbocycles. The highest BCUT2D eigenvalue weighted by atomic mass is 16.4. The van der Waals surface area contributed by atoms with Gasteiger partial charge in [0.2, 0.25) is 0 Å². The normalized spacial score (nSPS) is 10.9. The zero-order valence-corrected chi connectivity index (χ0v) is 16.6. The Kier molecular flexibility index (Phi) is 10.0. The standard InChI is InChI=1S/C22H34O4/c1-4-7-10-12-16-15-19(21(23)24)20(22(25)26)18(13-9-6-3)17(16)14-11-8-5-2/h15H,4-14H2,1-3H3,(H,23,24)(H,25,26). The molecule has 2 N–H and O–H groups in total. The first-order valence-electron chi connectivity index (χ1n) is 10.1. The lowest BCUT2D eigenvalue weighted by molar-refractivity contribution is 0.0650. The van der Waals surface area contributed by atoms with Gasteiger partial charge in [0, 0.05) is 0 Å². The molecular weight excluding hydrogens is 328 g/mol. The Morgan fingerprint density at radius 1 is 0.731 bits per heavy atom. The van der Waals surface area contributed by atoms with E-state index in [9.17, 15) is 19.8 Å². The molecule has 26 heavy (non-hydrogen) atoms. The van der Waals surface area contributed by atoms with E-state index in [0.29, 0.717) is 6.42 Å². The van der Waals surface area contributed by atoms with Crippen LogP contribution in [0, 0.1) is 0 Å². The van der Waals surface area contributed by atoms with Crippen LogP contribution in [-0.2, 0) is 19.3 Å². The van der Waals surface area contributed by atoms with Crippen LogP contribution >= 0.6 is 0 Å². The number of hydrogen-bond donors (Lipinski definition) is 2. The first kappa shape index (κ1) is 22.2. The van der Waals surface area contributed by atoms with Gasteiger partial charge in [-0.25, -0.2) is 9.59 Å². The Labute approximate surface area is 157 Å². The van der Waals surface area contributed by atoms with Crippen LogP contribution in [0.1, 0.15) is 110 Å². The van der Waals surface area contributed by atoms with E-state index in [1.807, 2.05) is 0 Å². The smallest absolute Gasteiger partial charge is 0.336 e. The summed E-state index contributed by atoms with van der Waals surface area (Å²) in [6, 6.07) is 1.64. The van der Waals surface area contributed by atoms with E-state index in [1.54, 1.807) is 6.07 Å². The molecule has 1 rings (SSSR count). The minimum Gasteiger partial charge on any atom is -0.478 e. The number of carbonyl (C=O) groups is 2. The molecule has 0 spiro atoms. The summed E-state index contributed by atoms with van der Waals surface area (Å²) in [6.45, 7) is 6.36. The summed E-state index contributed by atoms with van der Waals surface area (Å²) in [4.78, 5) is 23.6. The molecule has 0 unspecified atom stereocenters. The molecule has 0 aliphatic carbocycles. The van der Waals surface area contributed by atoms with Crippen molar-refractivity contribution < 1.29 is 19.8 Å². The van der Waals surface area contributed by atoms with Crippen LogP contribution in [0.4, 0.5) is 0 Å². The predicted octanol–water partition coefficient (Wildman–Crippen LogP) is 5.89. The summed E-state index contributed by atoms with van der Waals surface area (Å²) < 4.78 is 0. The van der Waals surface area contributed by atoms with Crippen molar-refractivity contribution in [1.29, 1.82) is 0 Å². The van der Waals surface area contributed by atoms with Crippen molar-refractivity contribution in [1.82, 2.24) is 0 Å². The Morgan fingerprint density at radius 2 is 1.27 bits per heavy atom. The molecule has 146 valence electrons. The van der Waals surface area contributed by atoms with E-state index >= 15 is 0 Å². The molecule has 0 aliphatic heterocycles. The highest BCUT2D eigenvalue weighted by Crippen LogP contribution is 2.29. The molecule has 0 heterocycles. The largest absolute Gasteiger partial charge is 0.478 e. The fourth-order valence-corrected chi connectivity index (χ4v) is 3.53. The van der Waals surface area contributed by atoms with Crippen LogP contribution in [-0.4, -0.2) is 22.2 Å². The number of aryl methyl sites for hydroxylation is 1. The molecule has 0 fully saturated rings. The SMILES string of the molecule is CCCCCc1cc(C(=O)O)c(C(=O)O)c(CCCC)c1CCCCC. The van der Waals surface area contributed by atoms with Gasteiger partial charge >= 0.3 is 11.9 Å². The summed E-state index contributed by atoms with van der Waals surface area (Å²) in [5.41, 5.74) is 2.88. The molecule has 0 aliphatic rings. The average Bonchev–Trinajstić information content (AvgIpc) is 2.60. The summed E-state index contributed by atoms with van der Waals surface area (Å²) in [6.07, 6.45) is 10.6. The zero-order chi connectivity index (χ0) is 19.5. The maximum atomic E-state index is 11.9. The van der Waals surface area contributed by atoms with Crippen LogP contribution in [0.3, 0.4) is 0 Å². The highest BCUT2D eigenvalue weighted by Gasteiger charge is 2.25. The first-order valence-corrected chi connectivity index (χ1v) is 10.1. The number of hydrogen-bond acceptors (Lipinski definition) is 2. The molecule has 0 bridgehead atoms. The molecule has 4 nitrogen and oxygen atoms in total. The molecule has 0 atom stereocenters. The number of rotatable bonds is 13. The highest BCUT2D eigenvalue weighted by molar-refractivity contribution is 6.03. The molecule has 1 aromatic rings. The lowest BCUT2D eigenvalue weighted by Crippen LogP contribution is -2.16. The summed E-state index contributed by atoms with van der Waals surface area (Å²) in [5.74, 6) is -2.26. The number of unbranched alkanes of at least 4 members (excludes halogenated alkanes) is 5. The van der Waals surface area contributed by atoms with E-state index < -0.39 is 11.9 Å². The van der Waals surface area contributed by atoms with E-state index in [0.717, 1.165) is 80.9 Å². The van der Waals surface area contributed by atoms with Crippen molar-refractivity contribution in [2.75, 3.05) is 0 Å². The minimum atomic E-state index is -1.14. The second kappa shape index (κ2) is 11.7. The van der Waals surface area contributed by atoms with Crippen LogP contribution < -0.4 is 0 Å². The number of benzene rings is 1. The fraction of sp³-hybridized carbons (Fsp3) is 0.636. The molecule has 1 aromatic carbocycles. The van der Waals surface area contributed by atoms with Gasteiger partial charge in [-0.3, -0.25) is 0 Å². The van der Waals surface area contributed by atoms with Crippen molar-refractivity contribution in [2.24, 2.45) is 0 Å². The van der Waals surface area contributed by atoms with E-state index in [1.165, 1.54) is 0 Å². The van der Waals surface area contributed by atoms with Crippen molar-refractivity contribution in [3.8, 4) is 0 Å². The van der Waals surface area contributed by atoms with E-state index in [2.05, 4.69) is 20.8 Å². The lowest BCUT2D eigenvalue weighted by atomic mass is 9.84. The van der Waals surface area contributed by atoms with Gasteiger partial charge in [-0.05, 0) is 61.3 Å². The molecule has 4 heteroatoms. The summed E-state index contributed by atoms with van der Waals surface area (Å²) in [7, 11) is 0. The maximum absolute atomic E-state index is 11.9. The monoisotopic (exact) mass is 362 g/mol. The van der Waals surface area contributed by atoms with Gasteiger partial charge in [0.05, 0.1) is 11.1 Å². The quantitative estimate of drug-likeness (QED) is 0.429. The molecule has 0 radical (unpaired) electrons. The van der Waals surface area contributed by atoms with E-state index in [4.69, 9.17) is 0 Å². The third-order valence-electron chi connectivity index (χ3n) is 4.95. The summed E-state index contributed by atoms with van der Waals surface area (Å²) >= 11 is 0. The predicted molar refractivity (Wildman–Crippen MR) is 105 cm³/mol. The van der Waals surface area contributed by atoms with Crippen molar-refractivity contribution in [3.05, 3.63) is 33.9 Å². The first-order chi connectivity index (χ1) is 12.5. The Morgan fingerprint density at radius 3 is 1.77 bits per heavy atom. The number of carboxylic acids is 2. The topological polar surface area (TPSA) is 74.6 Å². The van der Waals surface area contributed by atoms with Gasteiger partial charge < -0.3 is 10.2 Å². The van der Waals surface area contributed by atoms with Crippen LogP contribution in [0.15, 0.2) is 6.07 Å². The number of aromatic carboxylic acids is 2. The van der Waals surface area contributed by atoms with Gasteiger partial charge in [0.25, 0.3) is 0 Å². The van der Waals surface area contributed by atoms with Crippen molar-refractivity contribution >= 4 is 11.9 Å². The second-order valence-electron chi connectivity index (χ2n) is 7.04. The second-order valence-corrected chi connectivity index (χ2v) is 7.04. The van der Waals surface area contributed by atoms with Crippen LogP contribution in [0.25, 0.3) is 0 Å². The fourth-order valence-electron chi connectivity index (χ4n) is 3.53. The van der Waals surface area contributed by atoms with Gasteiger partial charge in [0.15, 0.2) is 0 Å². The zero-order valence-electron chi connectivity index (χ0n) is 16.6. The lowest BCUT2D eigenvalue weighted by Gasteiger charge is -2.20. The number of carboxylic acid groups (broad SMARTS) is 2. The Bertz CT molecular complexity index is 605. The van der Waals surface area contributed by atoms with E-state index in [-0.39, 0.29) is 11.1 Å². The van der Waals surface area contributed by atoms with Gasteiger partial charge in [-0.15, -0.1) is 0 Å². The maximum Gasteiger partial charge on any atom is 0.336 e. The van der Waals surface area contributed by atoms with Crippen molar-refractivity contribution in [3.63, 3.8) is 0 Å². The molecular formula is C22H34O4. The molecule has 0 saturated heterocycles. The minimum absolute atomic E-state index is 0.0108. The third kappa shape index (κ3) is 6.15.